The number of halogens is 1. The summed E-state index contributed by atoms with van der Waals surface area (Å²) in [6.07, 6.45) is 3.50. The molecule has 0 saturated heterocycles. The van der Waals surface area contributed by atoms with Gasteiger partial charge in [0.1, 0.15) is 18.0 Å². The minimum Gasteiger partial charge on any atom is -0.394 e. The number of aliphatic hydroxyl groups is 1. The number of anilines is 1. The maximum Gasteiger partial charge on any atom is 0.150 e. The molecule has 2 aromatic carbocycles. The Kier molecular flexibility index (Phi) is 5.79. The number of rotatable bonds is 8. The van der Waals surface area contributed by atoms with Crippen molar-refractivity contribution < 1.29 is 14.2 Å². The third-order valence-corrected chi connectivity index (χ3v) is 4.55. The van der Waals surface area contributed by atoms with Crippen molar-refractivity contribution in [2.24, 2.45) is 0 Å². The van der Waals surface area contributed by atoms with Crippen LogP contribution in [0.4, 0.5) is 10.2 Å². The second-order valence-corrected chi connectivity index (χ2v) is 6.44. The van der Waals surface area contributed by atoms with E-state index in [1.54, 1.807) is 12.1 Å². The molecule has 0 spiro atoms. The molecule has 2 heterocycles. The third kappa shape index (κ3) is 4.11. The highest BCUT2D eigenvalue weighted by atomic mass is 19.1. The number of fused-ring (bicyclic) bond motifs is 1. The van der Waals surface area contributed by atoms with Gasteiger partial charge in [0.05, 0.1) is 25.2 Å². The monoisotopic (exact) mass is 392 g/mol. The molecule has 2 aromatic heterocycles. The number of aromatic nitrogens is 3. The van der Waals surface area contributed by atoms with E-state index in [-0.39, 0.29) is 12.4 Å². The fourth-order valence-electron chi connectivity index (χ4n) is 3.24. The first-order valence-electron chi connectivity index (χ1n) is 9.38. The topological polar surface area (TPSA) is 72.2 Å². The SMILES string of the molecule is OCCOCCNc1ncnc2c1c(-c1ccccc1)cn2-c1ccc(F)cc1. The zero-order chi connectivity index (χ0) is 20.1. The Bertz CT molecular complexity index is 1080. The molecule has 4 aromatic rings. The van der Waals surface area contributed by atoms with E-state index in [2.05, 4.69) is 15.3 Å². The van der Waals surface area contributed by atoms with Crippen LogP contribution in [0.25, 0.3) is 27.8 Å². The van der Waals surface area contributed by atoms with Crippen molar-refractivity contribution in [2.75, 3.05) is 31.7 Å². The van der Waals surface area contributed by atoms with Crippen molar-refractivity contribution >= 4 is 16.9 Å². The Labute approximate surface area is 167 Å². The lowest BCUT2D eigenvalue weighted by atomic mass is 10.1. The fourth-order valence-corrected chi connectivity index (χ4v) is 3.24. The lowest BCUT2D eigenvalue weighted by molar-refractivity contribution is 0.0992. The van der Waals surface area contributed by atoms with Gasteiger partial charge in [0, 0.05) is 24.0 Å². The second-order valence-electron chi connectivity index (χ2n) is 6.44. The molecular weight excluding hydrogens is 371 g/mol. The van der Waals surface area contributed by atoms with Gasteiger partial charge in [-0.15, -0.1) is 0 Å². The van der Waals surface area contributed by atoms with Crippen molar-refractivity contribution in [3.8, 4) is 16.8 Å². The normalized spacial score (nSPS) is 11.1. The van der Waals surface area contributed by atoms with Gasteiger partial charge in [-0.05, 0) is 29.8 Å². The second kappa shape index (κ2) is 8.81. The van der Waals surface area contributed by atoms with Crippen LogP contribution in [0, 0.1) is 5.82 Å². The molecule has 0 aliphatic rings. The number of aliphatic hydroxyl groups excluding tert-OH is 1. The molecule has 6 nitrogen and oxygen atoms in total. The summed E-state index contributed by atoms with van der Waals surface area (Å²) in [5.74, 6) is 0.413. The molecule has 0 amide bonds. The predicted octanol–water partition coefficient (Wildman–Crippen LogP) is 3.65. The van der Waals surface area contributed by atoms with Crippen molar-refractivity contribution in [1.82, 2.24) is 14.5 Å². The van der Waals surface area contributed by atoms with E-state index in [0.29, 0.717) is 25.6 Å². The van der Waals surface area contributed by atoms with Crippen LogP contribution in [-0.4, -0.2) is 46.0 Å². The molecule has 0 saturated carbocycles. The van der Waals surface area contributed by atoms with E-state index in [1.807, 2.05) is 41.1 Å². The smallest absolute Gasteiger partial charge is 0.150 e. The Morgan fingerprint density at radius 1 is 1.00 bits per heavy atom. The van der Waals surface area contributed by atoms with E-state index < -0.39 is 0 Å². The Morgan fingerprint density at radius 3 is 2.55 bits per heavy atom. The number of ether oxygens (including phenoxy) is 1. The maximum atomic E-state index is 13.4. The molecule has 0 fully saturated rings. The maximum absolute atomic E-state index is 13.4. The lowest BCUT2D eigenvalue weighted by Gasteiger charge is -2.09. The standard InChI is InChI=1S/C22H21FN4O2/c23-17-6-8-18(9-7-17)27-14-19(16-4-2-1-3-5-16)20-21(25-15-26-22(20)27)24-10-12-29-13-11-28/h1-9,14-15,28H,10-13H2,(H,24,25,26). The van der Waals surface area contributed by atoms with E-state index >= 15 is 0 Å². The van der Waals surface area contributed by atoms with Crippen LogP contribution < -0.4 is 5.32 Å². The average molecular weight is 392 g/mol. The largest absolute Gasteiger partial charge is 0.394 e. The average Bonchev–Trinajstić information content (AvgIpc) is 3.15. The molecule has 0 atom stereocenters. The van der Waals surface area contributed by atoms with Crippen molar-refractivity contribution in [3.05, 3.63) is 72.9 Å². The van der Waals surface area contributed by atoms with Crippen LogP contribution in [0.3, 0.4) is 0 Å². The highest BCUT2D eigenvalue weighted by molar-refractivity contribution is 6.02. The zero-order valence-corrected chi connectivity index (χ0v) is 15.8. The van der Waals surface area contributed by atoms with Gasteiger partial charge in [-0.1, -0.05) is 30.3 Å². The minimum absolute atomic E-state index is 0.00354. The molecule has 0 bridgehead atoms. The zero-order valence-electron chi connectivity index (χ0n) is 15.8. The quantitative estimate of drug-likeness (QED) is 0.448. The number of benzene rings is 2. The first-order chi connectivity index (χ1) is 14.3. The molecule has 29 heavy (non-hydrogen) atoms. The third-order valence-electron chi connectivity index (χ3n) is 4.55. The fraction of sp³-hybridized carbons (Fsp3) is 0.182. The Hall–Kier alpha value is -3.29. The van der Waals surface area contributed by atoms with Gasteiger partial charge >= 0.3 is 0 Å². The first kappa shape index (κ1) is 19.0. The van der Waals surface area contributed by atoms with Gasteiger partial charge in [0.25, 0.3) is 0 Å². The summed E-state index contributed by atoms with van der Waals surface area (Å²) in [4.78, 5) is 8.93. The number of hydrogen-bond acceptors (Lipinski definition) is 5. The number of nitrogens with zero attached hydrogens (tertiary/aromatic N) is 3. The molecule has 0 aliphatic carbocycles. The molecule has 7 heteroatoms. The lowest BCUT2D eigenvalue weighted by Crippen LogP contribution is -2.12. The van der Waals surface area contributed by atoms with Gasteiger partial charge in [0.2, 0.25) is 0 Å². The summed E-state index contributed by atoms with van der Waals surface area (Å²) in [7, 11) is 0. The molecule has 0 radical (unpaired) electrons. The highest BCUT2D eigenvalue weighted by Gasteiger charge is 2.17. The van der Waals surface area contributed by atoms with Gasteiger partial charge in [0.15, 0.2) is 5.65 Å². The van der Waals surface area contributed by atoms with Crippen LogP contribution in [-0.2, 0) is 4.74 Å². The predicted molar refractivity (Wildman–Crippen MR) is 111 cm³/mol. The minimum atomic E-state index is -0.284. The molecule has 4 rings (SSSR count). The van der Waals surface area contributed by atoms with Gasteiger partial charge in [-0.3, -0.25) is 0 Å². The van der Waals surface area contributed by atoms with Gasteiger partial charge in [-0.2, -0.15) is 0 Å². The van der Waals surface area contributed by atoms with Crippen LogP contribution in [0.15, 0.2) is 67.1 Å². The molecule has 0 aliphatic heterocycles. The molecule has 2 N–H and O–H groups in total. The number of nitrogens with one attached hydrogen (secondary N) is 1. The van der Waals surface area contributed by atoms with Crippen LogP contribution in [0.5, 0.6) is 0 Å². The first-order valence-corrected chi connectivity index (χ1v) is 9.38. The van der Waals surface area contributed by atoms with Crippen LogP contribution in [0.2, 0.25) is 0 Å². The van der Waals surface area contributed by atoms with E-state index in [1.165, 1.54) is 18.5 Å². The summed E-state index contributed by atoms with van der Waals surface area (Å²) in [5, 5.41) is 13.0. The number of hydrogen-bond donors (Lipinski definition) is 2. The highest BCUT2D eigenvalue weighted by Crippen LogP contribution is 2.35. The van der Waals surface area contributed by atoms with Gasteiger partial charge in [-0.25, -0.2) is 14.4 Å². The van der Waals surface area contributed by atoms with E-state index in [9.17, 15) is 4.39 Å². The molecule has 148 valence electrons. The summed E-state index contributed by atoms with van der Waals surface area (Å²) >= 11 is 0. The van der Waals surface area contributed by atoms with Crippen LogP contribution in [0.1, 0.15) is 0 Å². The summed E-state index contributed by atoms with van der Waals surface area (Å²) < 4.78 is 20.7. The summed E-state index contributed by atoms with van der Waals surface area (Å²) in [6, 6.07) is 16.3. The van der Waals surface area contributed by atoms with E-state index in [4.69, 9.17) is 9.84 Å². The Morgan fingerprint density at radius 2 is 1.79 bits per heavy atom. The summed E-state index contributed by atoms with van der Waals surface area (Å²) in [6.45, 7) is 1.29. The van der Waals surface area contributed by atoms with Crippen LogP contribution >= 0.6 is 0 Å². The van der Waals surface area contributed by atoms with Gasteiger partial charge < -0.3 is 19.7 Å². The Balaban J connectivity index is 1.79. The molecule has 0 unspecified atom stereocenters. The molecular formula is C22H21FN4O2. The summed E-state index contributed by atoms with van der Waals surface area (Å²) in [5.41, 5.74) is 3.55. The van der Waals surface area contributed by atoms with Crippen molar-refractivity contribution in [3.63, 3.8) is 0 Å². The van der Waals surface area contributed by atoms with Crippen molar-refractivity contribution in [1.29, 1.82) is 0 Å². The van der Waals surface area contributed by atoms with Crippen molar-refractivity contribution in [2.45, 2.75) is 0 Å². The van der Waals surface area contributed by atoms with E-state index in [0.717, 1.165) is 27.8 Å².